The molecule has 1 saturated heterocycles. The van der Waals surface area contributed by atoms with Gasteiger partial charge in [0, 0.05) is 33.9 Å². The molecule has 7 heteroatoms. The van der Waals surface area contributed by atoms with E-state index in [-0.39, 0.29) is 17.8 Å². The van der Waals surface area contributed by atoms with Crippen molar-refractivity contribution in [1.29, 1.82) is 0 Å². The summed E-state index contributed by atoms with van der Waals surface area (Å²) in [5.41, 5.74) is 7.14. The quantitative estimate of drug-likeness (QED) is 0.328. The fraction of sp³-hybridized carbons (Fsp3) is 0.185. The summed E-state index contributed by atoms with van der Waals surface area (Å²) in [6.45, 7) is 6.41. The third kappa shape index (κ3) is 3.63. The SMILES string of the molecule is Cc1c([C@@H]2[C@@H](c3ccccn3)NC(=S)N2c2cc(Cl)ccc2O)c(C)n(-c2ccccc2)c1C. The normalized spacial score (nSPS) is 17.8. The first-order chi connectivity index (χ1) is 16.4. The van der Waals surface area contributed by atoms with Crippen LogP contribution in [0, 0.1) is 20.8 Å². The first kappa shape index (κ1) is 22.4. The summed E-state index contributed by atoms with van der Waals surface area (Å²) >= 11 is 12.2. The second-order valence-corrected chi connectivity index (χ2v) is 9.33. The van der Waals surface area contributed by atoms with Gasteiger partial charge in [0.25, 0.3) is 0 Å². The lowest BCUT2D eigenvalue weighted by Crippen LogP contribution is -2.30. The van der Waals surface area contributed by atoms with Crippen molar-refractivity contribution >= 4 is 34.6 Å². The topological polar surface area (TPSA) is 53.3 Å². The van der Waals surface area contributed by atoms with Crippen LogP contribution in [0.5, 0.6) is 5.75 Å². The number of para-hydroxylation sites is 1. The number of phenols is 1. The fourth-order valence-corrected chi connectivity index (χ4v) is 5.51. The maximum absolute atomic E-state index is 10.8. The van der Waals surface area contributed by atoms with Gasteiger partial charge in [-0.25, -0.2) is 0 Å². The lowest BCUT2D eigenvalue weighted by molar-refractivity contribution is 0.472. The zero-order valence-corrected chi connectivity index (χ0v) is 20.7. The van der Waals surface area contributed by atoms with Crippen molar-refractivity contribution in [3.63, 3.8) is 0 Å². The number of hydrogen-bond donors (Lipinski definition) is 2. The Bertz CT molecular complexity index is 1370. The number of hydrogen-bond acceptors (Lipinski definition) is 3. The van der Waals surface area contributed by atoms with Crippen molar-refractivity contribution in [2.24, 2.45) is 0 Å². The Morgan fingerprint density at radius 2 is 1.71 bits per heavy atom. The van der Waals surface area contributed by atoms with Gasteiger partial charge in [-0.15, -0.1) is 0 Å². The Hall–Kier alpha value is -3.35. The summed E-state index contributed by atoms with van der Waals surface area (Å²) in [5.74, 6) is 0.120. The number of pyridine rings is 1. The summed E-state index contributed by atoms with van der Waals surface area (Å²) in [7, 11) is 0. The van der Waals surface area contributed by atoms with Gasteiger partial charge in [0.15, 0.2) is 5.11 Å². The molecule has 5 rings (SSSR count). The number of halogens is 1. The van der Waals surface area contributed by atoms with E-state index in [2.05, 4.69) is 47.8 Å². The highest BCUT2D eigenvalue weighted by molar-refractivity contribution is 7.80. The average Bonchev–Trinajstić information content (AvgIpc) is 3.29. The maximum Gasteiger partial charge on any atom is 0.174 e. The predicted molar refractivity (Wildman–Crippen MR) is 141 cm³/mol. The van der Waals surface area contributed by atoms with E-state index in [0.717, 1.165) is 28.3 Å². The Morgan fingerprint density at radius 1 is 0.971 bits per heavy atom. The van der Waals surface area contributed by atoms with Crippen molar-refractivity contribution in [3.8, 4) is 11.4 Å². The number of aromatic hydroxyl groups is 1. The first-order valence-electron chi connectivity index (χ1n) is 11.1. The number of nitrogens with zero attached hydrogens (tertiary/aromatic N) is 3. The molecule has 5 nitrogen and oxygen atoms in total. The highest BCUT2D eigenvalue weighted by Gasteiger charge is 2.44. The van der Waals surface area contributed by atoms with E-state index in [1.54, 1.807) is 24.4 Å². The average molecular weight is 489 g/mol. The van der Waals surface area contributed by atoms with E-state index in [1.165, 1.54) is 5.56 Å². The van der Waals surface area contributed by atoms with Gasteiger partial charge in [-0.05, 0) is 81.0 Å². The third-order valence-electron chi connectivity index (χ3n) is 6.61. The van der Waals surface area contributed by atoms with Gasteiger partial charge < -0.3 is 19.9 Å². The van der Waals surface area contributed by atoms with Crippen LogP contribution in [0.4, 0.5) is 5.69 Å². The molecule has 0 aliphatic carbocycles. The highest BCUT2D eigenvalue weighted by Crippen LogP contribution is 2.47. The standard InChI is InChI=1S/C27H25ClN4OS/c1-16-17(2)31(20-9-5-4-6-10-20)18(3)24(16)26-25(21-11-7-8-14-29-21)30-27(34)32(26)22-15-19(28)12-13-23(22)33/h4-15,25-26,33H,1-3H3,(H,30,34)/t25-,26-/m1/s1. The third-order valence-corrected chi connectivity index (χ3v) is 7.16. The van der Waals surface area contributed by atoms with Gasteiger partial charge in [-0.1, -0.05) is 35.9 Å². The molecular weight excluding hydrogens is 464 g/mol. The van der Waals surface area contributed by atoms with Crippen LogP contribution in [-0.4, -0.2) is 19.8 Å². The van der Waals surface area contributed by atoms with Crippen LogP contribution in [-0.2, 0) is 0 Å². The number of nitrogens with one attached hydrogen (secondary N) is 1. The number of rotatable bonds is 4. The van der Waals surface area contributed by atoms with Crippen molar-refractivity contribution < 1.29 is 5.11 Å². The summed E-state index contributed by atoms with van der Waals surface area (Å²) in [6.07, 6.45) is 1.79. The number of benzene rings is 2. The molecule has 1 aliphatic rings. The van der Waals surface area contributed by atoms with Crippen LogP contribution in [0.25, 0.3) is 5.69 Å². The Kier molecular flexibility index (Phi) is 5.80. The predicted octanol–water partition coefficient (Wildman–Crippen LogP) is 6.33. The molecule has 0 spiro atoms. The second-order valence-electron chi connectivity index (χ2n) is 8.51. The molecule has 2 aromatic carbocycles. The number of phenolic OH excluding ortho intramolecular Hbond substituents is 1. The zero-order chi connectivity index (χ0) is 24.0. The minimum atomic E-state index is -0.240. The number of thiocarbonyl (C=S) groups is 1. The molecule has 2 N–H and O–H groups in total. The van der Waals surface area contributed by atoms with Gasteiger partial charge in [0.1, 0.15) is 5.75 Å². The second kappa shape index (κ2) is 8.78. The lowest BCUT2D eigenvalue weighted by Gasteiger charge is -2.29. The molecule has 172 valence electrons. The maximum atomic E-state index is 10.8. The van der Waals surface area contributed by atoms with E-state index >= 15 is 0 Å². The molecule has 34 heavy (non-hydrogen) atoms. The summed E-state index contributed by atoms with van der Waals surface area (Å²) in [6, 6.07) is 20.8. The van der Waals surface area contributed by atoms with Crippen LogP contribution in [0.15, 0.2) is 72.9 Å². The minimum absolute atomic E-state index is 0.120. The van der Waals surface area contributed by atoms with Crippen LogP contribution in [0.3, 0.4) is 0 Å². The molecule has 0 amide bonds. The van der Waals surface area contributed by atoms with Gasteiger partial charge >= 0.3 is 0 Å². The van der Waals surface area contributed by atoms with Crippen LogP contribution in [0.2, 0.25) is 5.02 Å². The van der Waals surface area contributed by atoms with Crippen LogP contribution < -0.4 is 10.2 Å². The van der Waals surface area contributed by atoms with E-state index in [9.17, 15) is 5.11 Å². The molecule has 2 aromatic heterocycles. The van der Waals surface area contributed by atoms with E-state index in [4.69, 9.17) is 23.8 Å². The summed E-state index contributed by atoms with van der Waals surface area (Å²) < 4.78 is 2.28. The molecule has 1 aliphatic heterocycles. The molecule has 4 aromatic rings. The van der Waals surface area contributed by atoms with Gasteiger partial charge in [-0.2, -0.15) is 0 Å². The van der Waals surface area contributed by atoms with E-state index in [1.807, 2.05) is 41.3 Å². The fourth-order valence-electron chi connectivity index (χ4n) is 5.00. The minimum Gasteiger partial charge on any atom is -0.506 e. The molecule has 0 radical (unpaired) electrons. The van der Waals surface area contributed by atoms with Crippen molar-refractivity contribution in [2.45, 2.75) is 32.9 Å². The van der Waals surface area contributed by atoms with Crippen molar-refractivity contribution in [1.82, 2.24) is 14.9 Å². The molecular formula is C27H25ClN4OS. The first-order valence-corrected chi connectivity index (χ1v) is 11.9. The number of aromatic nitrogens is 2. The highest BCUT2D eigenvalue weighted by atomic mass is 35.5. The Balaban J connectivity index is 1.76. The largest absolute Gasteiger partial charge is 0.506 e. The van der Waals surface area contributed by atoms with Gasteiger partial charge in [0.05, 0.1) is 23.5 Å². The van der Waals surface area contributed by atoms with E-state index < -0.39 is 0 Å². The Labute approximate surface area is 209 Å². The summed E-state index contributed by atoms with van der Waals surface area (Å²) in [5, 5.41) is 15.3. The van der Waals surface area contributed by atoms with Gasteiger partial charge in [0.2, 0.25) is 0 Å². The summed E-state index contributed by atoms with van der Waals surface area (Å²) in [4.78, 5) is 6.61. The molecule has 1 fully saturated rings. The van der Waals surface area contributed by atoms with Crippen LogP contribution >= 0.6 is 23.8 Å². The van der Waals surface area contributed by atoms with Crippen molar-refractivity contribution in [2.75, 3.05) is 4.90 Å². The molecule has 3 heterocycles. The zero-order valence-electron chi connectivity index (χ0n) is 19.2. The Morgan fingerprint density at radius 3 is 2.41 bits per heavy atom. The number of anilines is 1. The van der Waals surface area contributed by atoms with Gasteiger partial charge in [-0.3, -0.25) is 4.98 Å². The molecule has 0 saturated carbocycles. The lowest BCUT2D eigenvalue weighted by atomic mass is 9.93. The molecule has 2 atom stereocenters. The molecule has 0 unspecified atom stereocenters. The van der Waals surface area contributed by atoms with Crippen LogP contribution in [0.1, 0.15) is 40.3 Å². The van der Waals surface area contributed by atoms with Crippen molar-refractivity contribution in [3.05, 3.63) is 106 Å². The smallest absolute Gasteiger partial charge is 0.174 e. The molecule has 0 bridgehead atoms. The monoisotopic (exact) mass is 488 g/mol. The van der Waals surface area contributed by atoms with E-state index in [0.29, 0.717) is 15.8 Å².